The highest BCUT2D eigenvalue weighted by Gasteiger charge is 2.18. The molecule has 1 atom stereocenters. The number of para-hydroxylation sites is 1. The summed E-state index contributed by atoms with van der Waals surface area (Å²) in [6, 6.07) is 13.5. The Morgan fingerprint density at radius 2 is 1.88 bits per heavy atom. The van der Waals surface area contributed by atoms with Crippen LogP contribution in [0.1, 0.15) is 18.1 Å². The number of nitrogens with zero attached hydrogens (tertiary/aromatic N) is 2. The smallest absolute Gasteiger partial charge is 0.237 e. The maximum Gasteiger partial charge on any atom is 0.237 e. The number of halogens is 1. The Morgan fingerprint density at radius 3 is 2.58 bits per heavy atom. The third kappa shape index (κ3) is 4.29. The number of carbonyl (C=O) groups is 1. The van der Waals surface area contributed by atoms with E-state index in [0.717, 1.165) is 10.8 Å². The summed E-state index contributed by atoms with van der Waals surface area (Å²) in [4.78, 5) is 16.9. The Kier molecular flexibility index (Phi) is 5.69. The van der Waals surface area contributed by atoms with E-state index in [1.807, 2.05) is 29.8 Å². The first-order valence-corrected chi connectivity index (χ1v) is 9.54. The molecule has 1 amide bonds. The van der Waals surface area contributed by atoms with Crippen LogP contribution in [0, 0.1) is 13.8 Å². The van der Waals surface area contributed by atoms with Crippen LogP contribution in [-0.4, -0.2) is 20.7 Å². The molecule has 1 N–H and O–H groups in total. The van der Waals surface area contributed by atoms with Crippen LogP contribution >= 0.6 is 23.4 Å². The topological polar surface area (TPSA) is 46.9 Å². The molecule has 1 heterocycles. The van der Waals surface area contributed by atoms with Gasteiger partial charge in [-0.15, -0.1) is 0 Å². The number of imidazole rings is 1. The third-order valence-electron chi connectivity index (χ3n) is 3.87. The Balaban J connectivity index is 1.76. The number of carbonyl (C=O) groups excluding carboxylic acids is 1. The van der Waals surface area contributed by atoms with E-state index in [-0.39, 0.29) is 11.2 Å². The second-order valence-electron chi connectivity index (χ2n) is 6.15. The summed E-state index contributed by atoms with van der Waals surface area (Å²) in [7, 11) is 0. The first kappa shape index (κ1) is 18.5. The summed E-state index contributed by atoms with van der Waals surface area (Å²) in [5, 5.41) is 3.85. The lowest BCUT2D eigenvalue weighted by molar-refractivity contribution is -0.115. The van der Waals surface area contributed by atoms with Gasteiger partial charge in [-0.3, -0.25) is 9.36 Å². The highest BCUT2D eigenvalue weighted by molar-refractivity contribution is 8.00. The molecule has 0 fully saturated rings. The van der Waals surface area contributed by atoms with Crippen LogP contribution in [-0.2, 0) is 4.79 Å². The third-order valence-corrected chi connectivity index (χ3v) is 5.28. The maximum absolute atomic E-state index is 12.5. The van der Waals surface area contributed by atoms with Crippen LogP contribution < -0.4 is 5.32 Å². The Labute approximate surface area is 162 Å². The molecule has 1 aromatic heterocycles. The van der Waals surface area contributed by atoms with Gasteiger partial charge in [0.15, 0.2) is 5.16 Å². The van der Waals surface area contributed by atoms with Crippen molar-refractivity contribution in [1.29, 1.82) is 0 Å². The molecule has 0 aliphatic heterocycles. The summed E-state index contributed by atoms with van der Waals surface area (Å²) >= 11 is 7.53. The minimum atomic E-state index is -0.321. The van der Waals surface area contributed by atoms with Gasteiger partial charge in [0.05, 0.1) is 16.0 Å². The van der Waals surface area contributed by atoms with Crippen molar-refractivity contribution < 1.29 is 4.79 Å². The molecule has 6 heteroatoms. The number of aromatic nitrogens is 2. The molecule has 0 radical (unpaired) electrons. The number of anilines is 1. The van der Waals surface area contributed by atoms with Gasteiger partial charge in [-0.1, -0.05) is 41.6 Å². The van der Waals surface area contributed by atoms with Gasteiger partial charge in [0.25, 0.3) is 0 Å². The van der Waals surface area contributed by atoms with Crippen LogP contribution in [0.15, 0.2) is 60.0 Å². The van der Waals surface area contributed by atoms with E-state index in [2.05, 4.69) is 42.3 Å². The lowest BCUT2D eigenvalue weighted by atomic mass is 10.1. The van der Waals surface area contributed by atoms with Crippen molar-refractivity contribution in [2.45, 2.75) is 31.2 Å². The summed E-state index contributed by atoms with van der Waals surface area (Å²) in [5.41, 5.74) is 4.04. The fourth-order valence-corrected chi connectivity index (χ4v) is 3.74. The number of benzene rings is 2. The molecule has 0 aliphatic rings. The average Bonchev–Trinajstić information content (AvgIpc) is 3.04. The van der Waals surface area contributed by atoms with Gasteiger partial charge < -0.3 is 5.32 Å². The maximum atomic E-state index is 12.5. The summed E-state index contributed by atoms with van der Waals surface area (Å²) in [6.45, 7) is 6.00. The highest BCUT2D eigenvalue weighted by atomic mass is 35.5. The number of amides is 1. The van der Waals surface area contributed by atoms with E-state index in [0.29, 0.717) is 10.7 Å². The van der Waals surface area contributed by atoms with E-state index in [4.69, 9.17) is 11.6 Å². The lowest BCUT2D eigenvalue weighted by Crippen LogP contribution is -2.23. The molecular weight excluding hydrogens is 366 g/mol. The van der Waals surface area contributed by atoms with Gasteiger partial charge in [-0.2, -0.15) is 0 Å². The van der Waals surface area contributed by atoms with Gasteiger partial charge >= 0.3 is 0 Å². The molecular formula is C20H20ClN3OS. The van der Waals surface area contributed by atoms with E-state index in [1.54, 1.807) is 18.3 Å². The molecule has 0 aliphatic carbocycles. The van der Waals surface area contributed by atoms with Crippen LogP contribution in [0.4, 0.5) is 5.69 Å². The SMILES string of the molecule is Cc1cc(C)cc(-n2ccnc2SC(C)C(=O)Nc2ccccc2Cl)c1. The van der Waals surface area contributed by atoms with Crippen molar-refractivity contribution in [2.75, 3.05) is 5.32 Å². The Morgan fingerprint density at radius 1 is 1.19 bits per heavy atom. The Bertz CT molecular complexity index is 918. The molecule has 26 heavy (non-hydrogen) atoms. The number of nitrogens with one attached hydrogen (secondary N) is 1. The normalized spacial score (nSPS) is 12.0. The summed E-state index contributed by atoms with van der Waals surface area (Å²) in [6.07, 6.45) is 3.66. The summed E-state index contributed by atoms with van der Waals surface area (Å²) in [5.74, 6) is -0.113. The van der Waals surface area contributed by atoms with E-state index in [9.17, 15) is 4.79 Å². The minimum absolute atomic E-state index is 0.113. The van der Waals surface area contributed by atoms with Crippen molar-refractivity contribution in [3.63, 3.8) is 0 Å². The molecule has 3 aromatic rings. The number of hydrogen-bond acceptors (Lipinski definition) is 3. The zero-order chi connectivity index (χ0) is 18.7. The minimum Gasteiger partial charge on any atom is -0.324 e. The first-order chi connectivity index (χ1) is 12.4. The van der Waals surface area contributed by atoms with Crippen LogP contribution in [0.2, 0.25) is 5.02 Å². The van der Waals surface area contributed by atoms with Gasteiger partial charge in [0.2, 0.25) is 5.91 Å². The zero-order valence-electron chi connectivity index (χ0n) is 14.9. The van der Waals surface area contributed by atoms with E-state index < -0.39 is 0 Å². The fraction of sp³-hybridized carbons (Fsp3) is 0.200. The number of aryl methyl sites for hydroxylation is 2. The lowest BCUT2D eigenvalue weighted by Gasteiger charge is -2.14. The van der Waals surface area contributed by atoms with E-state index in [1.165, 1.54) is 22.9 Å². The van der Waals surface area contributed by atoms with Crippen molar-refractivity contribution in [3.05, 3.63) is 71.0 Å². The number of hydrogen-bond donors (Lipinski definition) is 1. The quantitative estimate of drug-likeness (QED) is 0.609. The molecule has 0 saturated carbocycles. The van der Waals surface area contributed by atoms with Gasteiger partial charge in [-0.25, -0.2) is 4.98 Å². The highest BCUT2D eigenvalue weighted by Crippen LogP contribution is 2.27. The molecule has 0 bridgehead atoms. The van der Waals surface area contributed by atoms with Crippen LogP contribution in [0.5, 0.6) is 0 Å². The molecule has 2 aromatic carbocycles. The number of thioether (sulfide) groups is 1. The Hall–Kier alpha value is -2.24. The molecule has 0 spiro atoms. The second kappa shape index (κ2) is 7.98. The van der Waals surface area contributed by atoms with E-state index >= 15 is 0 Å². The molecule has 0 saturated heterocycles. The van der Waals surface area contributed by atoms with Crippen molar-refractivity contribution in [2.24, 2.45) is 0 Å². The summed E-state index contributed by atoms with van der Waals surface area (Å²) < 4.78 is 2.00. The standard InChI is InChI=1S/C20H20ClN3OS/c1-13-10-14(2)12-16(11-13)24-9-8-22-20(24)26-15(3)19(25)23-18-7-5-4-6-17(18)21/h4-12,15H,1-3H3,(H,23,25). The largest absolute Gasteiger partial charge is 0.324 e. The van der Waals surface area contributed by atoms with Crippen molar-refractivity contribution >= 4 is 35.0 Å². The zero-order valence-corrected chi connectivity index (χ0v) is 16.4. The fourth-order valence-electron chi connectivity index (χ4n) is 2.67. The predicted octanol–water partition coefficient (Wildman–Crippen LogP) is 5.26. The van der Waals surface area contributed by atoms with Crippen molar-refractivity contribution in [3.8, 4) is 5.69 Å². The van der Waals surface area contributed by atoms with Crippen LogP contribution in [0.3, 0.4) is 0 Å². The second-order valence-corrected chi connectivity index (χ2v) is 7.87. The van der Waals surface area contributed by atoms with Gasteiger partial charge in [-0.05, 0) is 56.2 Å². The molecule has 3 rings (SSSR count). The molecule has 4 nitrogen and oxygen atoms in total. The molecule has 134 valence electrons. The van der Waals surface area contributed by atoms with Crippen molar-refractivity contribution in [1.82, 2.24) is 9.55 Å². The van der Waals surface area contributed by atoms with Gasteiger partial charge in [0.1, 0.15) is 0 Å². The number of rotatable bonds is 5. The monoisotopic (exact) mass is 385 g/mol. The molecule has 1 unspecified atom stereocenters. The first-order valence-electron chi connectivity index (χ1n) is 8.28. The van der Waals surface area contributed by atoms with Gasteiger partial charge in [0, 0.05) is 18.1 Å². The average molecular weight is 386 g/mol. The van der Waals surface area contributed by atoms with Crippen LogP contribution in [0.25, 0.3) is 5.69 Å². The predicted molar refractivity (Wildman–Crippen MR) is 108 cm³/mol.